The summed E-state index contributed by atoms with van der Waals surface area (Å²) in [6.07, 6.45) is 5.06. The molecule has 14 heavy (non-hydrogen) atoms. The van der Waals surface area contributed by atoms with E-state index in [0.29, 0.717) is 6.42 Å². The lowest BCUT2D eigenvalue weighted by atomic mass is 10.0. The summed E-state index contributed by atoms with van der Waals surface area (Å²) < 4.78 is 32.7. The van der Waals surface area contributed by atoms with Crippen molar-refractivity contribution in [2.75, 3.05) is 6.61 Å². The molecule has 5 heteroatoms. The van der Waals surface area contributed by atoms with Crippen molar-refractivity contribution in [3.05, 3.63) is 0 Å². The molecule has 0 aliphatic carbocycles. The maximum atomic E-state index is 10.2. The van der Waals surface area contributed by atoms with E-state index in [-0.39, 0.29) is 6.61 Å². The molecule has 0 aromatic heterocycles. The maximum Gasteiger partial charge on any atom is 0.397 e. The fraction of sp³-hybridized carbons (Fsp3) is 1.00. The van der Waals surface area contributed by atoms with Gasteiger partial charge in [0.2, 0.25) is 0 Å². The Kier molecular flexibility index (Phi) is 7.13. The third kappa shape index (κ3) is 9.95. The van der Waals surface area contributed by atoms with E-state index in [2.05, 4.69) is 18.0 Å². The van der Waals surface area contributed by atoms with Crippen molar-refractivity contribution >= 4 is 10.4 Å². The van der Waals surface area contributed by atoms with Gasteiger partial charge in [-0.25, -0.2) is 4.18 Å². The first kappa shape index (κ1) is 13.9. The molecule has 0 aromatic carbocycles. The fourth-order valence-electron chi connectivity index (χ4n) is 1.14. The normalized spacial score (nSPS) is 14.2. The SMILES string of the molecule is CC[C@H](C)CCCCCOS(=O)(=O)O. The van der Waals surface area contributed by atoms with Crippen LogP contribution in [-0.2, 0) is 14.6 Å². The predicted octanol–water partition coefficient (Wildman–Crippen LogP) is 2.41. The third-order valence-corrected chi connectivity index (χ3v) is 2.73. The van der Waals surface area contributed by atoms with Gasteiger partial charge in [0.25, 0.3) is 0 Å². The monoisotopic (exact) mass is 224 g/mol. The molecule has 0 aliphatic heterocycles. The minimum absolute atomic E-state index is 0.0827. The number of unbranched alkanes of at least 4 members (excludes halogenated alkanes) is 2. The highest BCUT2D eigenvalue weighted by Crippen LogP contribution is 2.12. The molecule has 0 unspecified atom stereocenters. The summed E-state index contributed by atoms with van der Waals surface area (Å²) in [6.45, 7) is 4.44. The second-order valence-corrected chi connectivity index (χ2v) is 4.70. The lowest BCUT2D eigenvalue weighted by molar-refractivity contribution is 0.260. The standard InChI is InChI=1S/C9H20O4S/c1-3-9(2)7-5-4-6-8-13-14(10,11)12/h9H,3-8H2,1-2H3,(H,10,11,12)/t9-/m0/s1. The molecule has 0 fully saturated rings. The zero-order chi connectivity index (χ0) is 11.0. The summed E-state index contributed by atoms with van der Waals surface area (Å²) in [6, 6.07) is 0. The van der Waals surface area contributed by atoms with E-state index in [1.807, 2.05) is 0 Å². The highest BCUT2D eigenvalue weighted by Gasteiger charge is 2.03. The van der Waals surface area contributed by atoms with Gasteiger partial charge in [0.05, 0.1) is 6.61 Å². The van der Waals surface area contributed by atoms with Crippen molar-refractivity contribution in [3.8, 4) is 0 Å². The second-order valence-electron chi connectivity index (χ2n) is 3.61. The fourth-order valence-corrected chi connectivity index (χ4v) is 1.47. The third-order valence-electron chi connectivity index (χ3n) is 2.27. The van der Waals surface area contributed by atoms with Crippen LogP contribution in [0.15, 0.2) is 0 Å². The van der Waals surface area contributed by atoms with E-state index < -0.39 is 10.4 Å². The summed E-state index contributed by atoms with van der Waals surface area (Å²) in [5, 5.41) is 0. The molecule has 4 nitrogen and oxygen atoms in total. The topological polar surface area (TPSA) is 63.6 Å². The summed E-state index contributed by atoms with van der Waals surface area (Å²) in [5.41, 5.74) is 0. The lowest BCUT2D eigenvalue weighted by Crippen LogP contribution is -2.04. The summed E-state index contributed by atoms with van der Waals surface area (Å²) in [5.74, 6) is 0.734. The van der Waals surface area contributed by atoms with Crippen molar-refractivity contribution in [2.24, 2.45) is 5.92 Å². The number of hydrogen-bond donors (Lipinski definition) is 1. The van der Waals surface area contributed by atoms with Gasteiger partial charge in [-0.15, -0.1) is 0 Å². The molecule has 0 radical (unpaired) electrons. The van der Waals surface area contributed by atoms with Crippen LogP contribution < -0.4 is 0 Å². The molecule has 86 valence electrons. The number of rotatable bonds is 8. The molecule has 0 bridgehead atoms. The van der Waals surface area contributed by atoms with Gasteiger partial charge in [-0.05, 0) is 12.3 Å². The Hall–Kier alpha value is -0.130. The van der Waals surface area contributed by atoms with Gasteiger partial charge in [0.15, 0.2) is 0 Å². The number of hydrogen-bond acceptors (Lipinski definition) is 3. The summed E-state index contributed by atoms with van der Waals surface area (Å²) in [4.78, 5) is 0. The molecular formula is C9H20O4S. The van der Waals surface area contributed by atoms with E-state index in [1.165, 1.54) is 12.8 Å². The molecule has 1 atom stereocenters. The van der Waals surface area contributed by atoms with Gasteiger partial charge in [0, 0.05) is 0 Å². The van der Waals surface area contributed by atoms with E-state index in [4.69, 9.17) is 4.55 Å². The smallest absolute Gasteiger partial charge is 0.264 e. The average Bonchev–Trinajstić information content (AvgIpc) is 2.08. The zero-order valence-corrected chi connectivity index (χ0v) is 9.72. The van der Waals surface area contributed by atoms with Crippen LogP contribution in [0, 0.1) is 5.92 Å². The van der Waals surface area contributed by atoms with Crippen molar-refractivity contribution < 1.29 is 17.2 Å². The van der Waals surface area contributed by atoms with Crippen molar-refractivity contribution in [2.45, 2.75) is 46.0 Å². The van der Waals surface area contributed by atoms with Gasteiger partial charge in [0.1, 0.15) is 0 Å². The van der Waals surface area contributed by atoms with Crippen LogP contribution in [0.3, 0.4) is 0 Å². The van der Waals surface area contributed by atoms with Gasteiger partial charge >= 0.3 is 10.4 Å². The lowest BCUT2D eigenvalue weighted by Gasteiger charge is -2.06. The Labute approximate surface area is 86.6 Å². The second kappa shape index (κ2) is 7.20. The molecule has 0 saturated heterocycles. The van der Waals surface area contributed by atoms with Crippen LogP contribution in [0.4, 0.5) is 0 Å². The van der Waals surface area contributed by atoms with Crippen LogP contribution in [-0.4, -0.2) is 19.6 Å². The Bertz CT molecular complexity index is 223. The van der Waals surface area contributed by atoms with Gasteiger partial charge in [-0.3, -0.25) is 4.55 Å². The van der Waals surface area contributed by atoms with Crippen LogP contribution in [0.2, 0.25) is 0 Å². The highest BCUT2D eigenvalue weighted by atomic mass is 32.3. The van der Waals surface area contributed by atoms with Crippen LogP contribution >= 0.6 is 0 Å². The highest BCUT2D eigenvalue weighted by molar-refractivity contribution is 7.80. The van der Waals surface area contributed by atoms with E-state index in [9.17, 15) is 8.42 Å². The summed E-state index contributed by atoms with van der Waals surface area (Å²) in [7, 11) is -4.23. The molecular weight excluding hydrogens is 204 g/mol. The Morgan fingerprint density at radius 3 is 2.43 bits per heavy atom. The largest absolute Gasteiger partial charge is 0.397 e. The van der Waals surface area contributed by atoms with Gasteiger partial charge < -0.3 is 0 Å². The first-order chi connectivity index (χ1) is 6.45. The van der Waals surface area contributed by atoms with Crippen molar-refractivity contribution in [1.82, 2.24) is 0 Å². The van der Waals surface area contributed by atoms with Crippen molar-refractivity contribution in [3.63, 3.8) is 0 Å². The minimum atomic E-state index is -4.23. The Morgan fingerprint density at radius 2 is 1.93 bits per heavy atom. The molecule has 1 N–H and O–H groups in total. The average molecular weight is 224 g/mol. The first-order valence-corrected chi connectivity index (χ1v) is 6.44. The molecule has 0 aliphatic rings. The molecule has 0 heterocycles. The van der Waals surface area contributed by atoms with Gasteiger partial charge in [-0.1, -0.05) is 39.5 Å². The molecule has 0 amide bonds. The van der Waals surface area contributed by atoms with E-state index in [0.717, 1.165) is 18.8 Å². The zero-order valence-electron chi connectivity index (χ0n) is 8.90. The van der Waals surface area contributed by atoms with Gasteiger partial charge in [-0.2, -0.15) is 8.42 Å². The van der Waals surface area contributed by atoms with E-state index in [1.54, 1.807) is 0 Å². The molecule has 0 rings (SSSR count). The first-order valence-electron chi connectivity index (χ1n) is 5.07. The maximum absolute atomic E-state index is 10.2. The predicted molar refractivity (Wildman–Crippen MR) is 55.4 cm³/mol. The minimum Gasteiger partial charge on any atom is -0.264 e. The quantitative estimate of drug-likeness (QED) is 0.508. The van der Waals surface area contributed by atoms with Crippen LogP contribution in [0.5, 0.6) is 0 Å². The molecule has 0 aromatic rings. The molecule has 0 saturated carbocycles. The van der Waals surface area contributed by atoms with Crippen LogP contribution in [0.1, 0.15) is 46.0 Å². The Morgan fingerprint density at radius 1 is 1.29 bits per heavy atom. The van der Waals surface area contributed by atoms with E-state index >= 15 is 0 Å². The molecule has 0 spiro atoms. The van der Waals surface area contributed by atoms with Crippen LogP contribution in [0.25, 0.3) is 0 Å². The summed E-state index contributed by atoms with van der Waals surface area (Å²) >= 11 is 0. The Balaban J connectivity index is 3.23. The van der Waals surface area contributed by atoms with Crippen molar-refractivity contribution in [1.29, 1.82) is 0 Å².